The first-order valence-electron chi connectivity index (χ1n) is 17.5. The number of aryl methyl sites for hydroxylation is 1. The van der Waals surface area contributed by atoms with Crippen molar-refractivity contribution in [2.24, 2.45) is 7.05 Å². The van der Waals surface area contributed by atoms with E-state index in [1.54, 1.807) is 77.0 Å². The molecule has 5 rings (SSSR count). The highest BCUT2D eigenvalue weighted by molar-refractivity contribution is 5.89. The summed E-state index contributed by atoms with van der Waals surface area (Å²) in [5.41, 5.74) is 2.75. The number of hydrogen-bond donors (Lipinski definition) is 3. The molecule has 16 nitrogen and oxygen atoms in total. The highest BCUT2D eigenvalue weighted by atomic mass is 16.6. The highest BCUT2D eigenvalue weighted by Gasteiger charge is 2.24. The van der Waals surface area contributed by atoms with Crippen LogP contribution in [0.5, 0.6) is 5.75 Å². The van der Waals surface area contributed by atoms with Crippen molar-refractivity contribution in [3.8, 4) is 5.75 Å². The van der Waals surface area contributed by atoms with Gasteiger partial charge in [-0.1, -0.05) is 7.43 Å². The Balaban J connectivity index is 0.000000402. The molecule has 1 aliphatic heterocycles. The van der Waals surface area contributed by atoms with E-state index in [1.165, 1.54) is 12.4 Å². The van der Waals surface area contributed by atoms with Gasteiger partial charge in [-0.25, -0.2) is 29.3 Å². The van der Waals surface area contributed by atoms with Crippen LogP contribution in [-0.2, 0) is 41.0 Å². The van der Waals surface area contributed by atoms with Gasteiger partial charge in [0.05, 0.1) is 37.4 Å². The number of ether oxygens (including phenoxy) is 4. The zero-order chi connectivity index (χ0) is 39.5. The van der Waals surface area contributed by atoms with Crippen LogP contribution >= 0.6 is 0 Å². The summed E-state index contributed by atoms with van der Waals surface area (Å²) in [7, 11) is 1.94. The zero-order valence-electron chi connectivity index (χ0n) is 32.1. The Hall–Kier alpha value is -5.90. The summed E-state index contributed by atoms with van der Waals surface area (Å²) in [5.74, 6) is 1.44. The average Bonchev–Trinajstić information content (AvgIpc) is 3.50. The van der Waals surface area contributed by atoms with E-state index in [2.05, 4.69) is 30.5 Å². The first-order valence-corrected chi connectivity index (χ1v) is 17.5. The number of fused-ring (bicyclic) bond motifs is 1. The van der Waals surface area contributed by atoms with E-state index < -0.39 is 29.5 Å². The molecule has 0 saturated heterocycles. The molecule has 0 saturated carbocycles. The van der Waals surface area contributed by atoms with Gasteiger partial charge >= 0.3 is 18.3 Å². The molecule has 3 amide bonds. The van der Waals surface area contributed by atoms with Crippen molar-refractivity contribution in [3.05, 3.63) is 84.2 Å². The smallest absolute Gasteiger partial charge is 0.414 e. The van der Waals surface area contributed by atoms with Gasteiger partial charge in [0.25, 0.3) is 0 Å². The Labute approximate surface area is 322 Å². The van der Waals surface area contributed by atoms with E-state index in [0.29, 0.717) is 54.7 Å². The van der Waals surface area contributed by atoms with Crippen LogP contribution in [0.3, 0.4) is 0 Å². The van der Waals surface area contributed by atoms with Crippen LogP contribution in [-0.4, -0.2) is 73.8 Å². The number of hydrogen-bond acceptors (Lipinski definition) is 12. The number of rotatable bonds is 9. The number of aliphatic hydroxyl groups is 1. The maximum Gasteiger partial charge on any atom is 0.414 e. The third-order valence-electron chi connectivity index (χ3n) is 7.31. The topological polar surface area (TPSA) is 182 Å². The van der Waals surface area contributed by atoms with Crippen LogP contribution in [0.2, 0.25) is 0 Å². The van der Waals surface area contributed by atoms with E-state index in [1.807, 2.05) is 42.9 Å². The van der Waals surface area contributed by atoms with Gasteiger partial charge in [0.15, 0.2) is 0 Å². The predicted molar refractivity (Wildman–Crippen MR) is 210 cm³/mol. The molecule has 0 radical (unpaired) electrons. The molecule has 1 aliphatic rings. The van der Waals surface area contributed by atoms with E-state index in [9.17, 15) is 14.4 Å². The largest absolute Gasteiger partial charge is 0.490 e. The number of anilines is 4. The predicted octanol–water partition coefficient (Wildman–Crippen LogP) is 7.28. The van der Waals surface area contributed by atoms with Crippen LogP contribution in [0.15, 0.2) is 67.4 Å². The molecule has 55 heavy (non-hydrogen) atoms. The number of carbonyl (C=O) groups is 3. The Bertz CT molecular complexity index is 1890. The molecule has 298 valence electrons. The molecule has 0 fully saturated rings. The van der Waals surface area contributed by atoms with E-state index in [0.717, 1.165) is 17.1 Å². The van der Waals surface area contributed by atoms with Gasteiger partial charge in [-0.15, -0.1) is 0 Å². The van der Waals surface area contributed by atoms with Crippen LogP contribution in [0.25, 0.3) is 0 Å². The third-order valence-corrected chi connectivity index (χ3v) is 7.31. The van der Waals surface area contributed by atoms with Gasteiger partial charge in [-0.2, -0.15) is 0 Å². The molecule has 3 N–H and O–H groups in total. The summed E-state index contributed by atoms with van der Waals surface area (Å²) in [6.07, 6.45) is 5.16. The Morgan fingerprint density at radius 1 is 0.891 bits per heavy atom. The fourth-order valence-electron chi connectivity index (χ4n) is 5.07. The lowest BCUT2D eigenvalue weighted by Gasteiger charge is -2.32. The summed E-state index contributed by atoms with van der Waals surface area (Å²) in [4.78, 5) is 52.7. The van der Waals surface area contributed by atoms with Gasteiger partial charge < -0.3 is 33.5 Å². The lowest BCUT2D eigenvalue weighted by molar-refractivity contribution is 0.0624. The highest BCUT2D eigenvalue weighted by Crippen LogP contribution is 2.36. The number of pyridine rings is 2. The zero-order valence-corrected chi connectivity index (χ0v) is 32.1. The lowest BCUT2D eigenvalue weighted by atomic mass is 10.2. The summed E-state index contributed by atoms with van der Waals surface area (Å²) < 4.78 is 23.7. The lowest BCUT2D eigenvalue weighted by Crippen LogP contribution is -2.34. The van der Waals surface area contributed by atoms with Crippen molar-refractivity contribution >= 4 is 41.3 Å². The number of amides is 3. The van der Waals surface area contributed by atoms with Gasteiger partial charge in [0.2, 0.25) is 0 Å². The molecule has 0 aliphatic carbocycles. The molecule has 0 atom stereocenters. The molecule has 1 aromatic carbocycles. The second-order valence-corrected chi connectivity index (χ2v) is 14.3. The van der Waals surface area contributed by atoms with Crippen LogP contribution < -0.4 is 25.2 Å². The van der Waals surface area contributed by atoms with Crippen LogP contribution in [0, 0.1) is 0 Å². The van der Waals surface area contributed by atoms with Crippen molar-refractivity contribution in [1.29, 1.82) is 0 Å². The van der Waals surface area contributed by atoms with Crippen LogP contribution in [0.1, 0.15) is 72.7 Å². The summed E-state index contributed by atoms with van der Waals surface area (Å²) in [6.45, 7) is 14.8. The van der Waals surface area contributed by atoms with Crippen molar-refractivity contribution in [3.63, 3.8) is 0 Å². The average molecular weight is 763 g/mol. The third kappa shape index (κ3) is 14.1. The summed E-state index contributed by atoms with van der Waals surface area (Å²) in [5, 5.41) is 14.0. The first-order chi connectivity index (χ1) is 25.5. The molecule has 0 spiro atoms. The second-order valence-electron chi connectivity index (χ2n) is 14.3. The number of carbonyl (C=O) groups excluding carboxylic acids is 3. The molecule has 4 heterocycles. The van der Waals surface area contributed by atoms with E-state index >= 15 is 0 Å². The number of benzene rings is 1. The fraction of sp³-hybridized carbons (Fsp3) is 0.436. The first kappa shape index (κ1) is 43.5. The van der Waals surface area contributed by atoms with Crippen molar-refractivity contribution < 1.29 is 38.4 Å². The Kier molecular flexibility index (Phi) is 15.4. The minimum Gasteiger partial charge on any atom is -0.490 e. The number of aliphatic hydroxyl groups excluding tert-OH is 1. The van der Waals surface area contributed by atoms with E-state index in [-0.39, 0.29) is 20.6 Å². The quantitative estimate of drug-likeness (QED) is 0.145. The summed E-state index contributed by atoms with van der Waals surface area (Å²) in [6, 6.07) is 12.3. The van der Waals surface area contributed by atoms with Gasteiger partial charge in [-0.05, 0) is 102 Å². The molecular weight excluding hydrogens is 708 g/mol. The maximum absolute atomic E-state index is 13.1. The molecule has 0 bridgehead atoms. The number of nitrogens with one attached hydrogen (secondary N) is 2. The monoisotopic (exact) mass is 762 g/mol. The standard InChI is InChI=1S/C27H34N6O5.C11H16N2O3.CH4/c1-6-33(26(35)37-17-19-9-10-28-24(13-19)30-25(34)38-27(2,3)4)21-7-8-23-22(14-21)32(11-12-36-23)16-20-15-31(5)18-29-20;1-11(2,3)16-10(15)13-9-6-8(7-14)4-5-12-9;/h7-10,13-15,18H,6,11-12,16-17H2,1-5H3,(H,28,30,34);4-6,14H,7H2,1-3H3,(H,12,13,15);1H4. The molecule has 16 heteroatoms. The van der Waals surface area contributed by atoms with Crippen molar-refractivity contribution in [2.75, 3.05) is 40.1 Å². The molecular formula is C39H54N8O8. The second kappa shape index (κ2) is 19.4. The fourth-order valence-corrected chi connectivity index (χ4v) is 5.07. The molecule has 0 unspecified atom stereocenters. The Morgan fingerprint density at radius 2 is 1.49 bits per heavy atom. The minimum atomic E-state index is -0.626. The summed E-state index contributed by atoms with van der Waals surface area (Å²) >= 11 is 0. The molecule has 3 aromatic heterocycles. The maximum atomic E-state index is 13.1. The SMILES string of the molecule is C.CC(C)(C)OC(=O)Nc1cc(CO)ccn1.CCN(C(=O)OCc1ccnc(NC(=O)OC(C)(C)C)c1)c1ccc2c(c1)N(Cc1cn(C)cn1)CCO2. The van der Waals surface area contributed by atoms with Gasteiger partial charge in [0, 0.05) is 37.9 Å². The van der Waals surface area contributed by atoms with Crippen LogP contribution in [0.4, 0.5) is 37.4 Å². The number of nitrogens with zero attached hydrogens (tertiary/aromatic N) is 6. The van der Waals surface area contributed by atoms with Crippen molar-refractivity contribution in [1.82, 2.24) is 19.5 Å². The number of aromatic nitrogens is 4. The van der Waals surface area contributed by atoms with Gasteiger partial charge in [0.1, 0.15) is 41.8 Å². The van der Waals surface area contributed by atoms with Crippen molar-refractivity contribution in [2.45, 2.75) is 86.9 Å². The molecule has 4 aromatic rings. The normalized spacial score (nSPS) is 12.1. The van der Waals surface area contributed by atoms with E-state index in [4.69, 9.17) is 24.1 Å². The minimum absolute atomic E-state index is 0. The number of imidazole rings is 1. The Morgan fingerprint density at radius 3 is 2.04 bits per heavy atom. The van der Waals surface area contributed by atoms with Gasteiger partial charge in [-0.3, -0.25) is 15.5 Å².